The van der Waals surface area contributed by atoms with Gasteiger partial charge in [-0.1, -0.05) is 32.4 Å². The highest BCUT2D eigenvalue weighted by atomic mass is 16.5. The molecule has 1 atom stereocenters. The minimum absolute atomic E-state index is 0.0956. The van der Waals surface area contributed by atoms with Crippen LogP contribution in [-0.4, -0.2) is 25.2 Å². The Morgan fingerprint density at radius 1 is 1.35 bits per heavy atom. The standard InChI is InChI=1S/C16H26N2O2/c1-4-6-10-20-13(3)16(19)18-15-9-7-8-14(11-15)12-17-5-2/h7-9,11,13,17H,4-6,10,12H2,1-3H3,(H,18,19). The molecule has 112 valence electrons. The van der Waals surface area contributed by atoms with E-state index < -0.39 is 6.10 Å². The number of anilines is 1. The Morgan fingerprint density at radius 3 is 2.85 bits per heavy atom. The van der Waals surface area contributed by atoms with E-state index in [2.05, 4.69) is 24.5 Å². The second kappa shape index (κ2) is 9.50. The molecule has 1 unspecified atom stereocenters. The summed E-state index contributed by atoms with van der Waals surface area (Å²) in [6, 6.07) is 7.87. The van der Waals surface area contributed by atoms with E-state index in [1.807, 2.05) is 24.3 Å². The first kappa shape index (κ1) is 16.7. The lowest BCUT2D eigenvalue weighted by Crippen LogP contribution is -2.28. The third-order valence-electron chi connectivity index (χ3n) is 3.01. The second-order valence-electron chi connectivity index (χ2n) is 4.84. The number of hydrogen-bond donors (Lipinski definition) is 2. The molecule has 1 amide bonds. The van der Waals surface area contributed by atoms with Crippen molar-refractivity contribution in [1.29, 1.82) is 0 Å². The fourth-order valence-corrected chi connectivity index (χ4v) is 1.75. The predicted molar refractivity (Wildman–Crippen MR) is 82.8 cm³/mol. The van der Waals surface area contributed by atoms with Gasteiger partial charge in [-0.15, -0.1) is 0 Å². The topological polar surface area (TPSA) is 50.4 Å². The van der Waals surface area contributed by atoms with Crippen molar-refractivity contribution in [2.75, 3.05) is 18.5 Å². The highest BCUT2D eigenvalue weighted by molar-refractivity contribution is 5.93. The van der Waals surface area contributed by atoms with Crippen LogP contribution in [0.25, 0.3) is 0 Å². The lowest BCUT2D eigenvalue weighted by atomic mass is 10.2. The molecular formula is C16H26N2O2. The van der Waals surface area contributed by atoms with Crippen molar-refractivity contribution in [2.45, 2.75) is 46.3 Å². The third kappa shape index (κ3) is 6.17. The number of unbranched alkanes of at least 4 members (excludes halogenated alkanes) is 1. The maximum Gasteiger partial charge on any atom is 0.253 e. The monoisotopic (exact) mass is 278 g/mol. The molecule has 0 radical (unpaired) electrons. The normalized spacial score (nSPS) is 12.2. The van der Waals surface area contributed by atoms with Crippen molar-refractivity contribution in [3.63, 3.8) is 0 Å². The Balaban J connectivity index is 2.48. The van der Waals surface area contributed by atoms with Crippen molar-refractivity contribution < 1.29 is 9.53 Å². The molecule has 0 heterocycles. The van der Waals surface area contributed by atoms with Crippen LogP contribution < -0.4 is 10.6 Å². The molecular weight excluding hydrogens is 252 g/mol. The van der Waals surface area contributed by atoms with Gasteiger partial charge in [0.2, 0.25) is 0 Å². The first-order valence-corrected chi connectivity index (χ1v) is 7.39. The van der Waals surface area contributed by atoms with Gasteiger partial charge in [-0.2, -0.15) is 0 Å². The zero-order valence-electron chi connectivity index (χ0n) is 12.7. The molecule has 20 heavy (non-hydrogen) atoms. The van der Waals surface area contributed by atoms with Crippen LogP contribution in [0.2, 0.25) is 0 Å². The lowest BCUT2D eigenvalue weighted by molar-refractivity contribution is -0.126. The minimum atomic E-state index is -0.418. The van der Waals surface area contributed by atoms with Gasteiger partial charge in [0.1, 0.15) is 6.10 Å². The number of carbonyl (C=O) groups is 1. The van der Waals surface area contributed by atoms with Crippen LogP contribution in [0.5, 0.6) is 0 Å². The van der Waals surface area contributed by atoms with Gasteiger partial charge in [0.05, 0.1) is 0 Å². The van der Waals surface area contributed by atoms with Crippen LogP contribution in [0, 0.1) is 0 Å². The molecule has 4 nitrogen and oxygen atoms in total. The van der Waals surface area contributed by atoms with E-state index in [1.165, 1.54) is 0 Å². The summed E-state index contributed by atoms with van der Waals surface area (Å²) in [6.07, 6.45) is 1.63. The van der Waals surface area contributed by atoms with E-state index >= 15 is 0 Å². The quantitative estimate of drug-likeness (QED) is 0.683. The van der Waals surface area contributed by atoms with Crippen molar-refractivity contribution in [1.82, 2.24) is 5.32 Å². The molecule has 1 aromatic carbocycles. The average molecular weight is 278 g/mol. The van der Waals surface area contributed by atoms with E-state index in [4.69, 9.17) is 4.74 Å². The van der Waals surface area contributed by atoms with Crippen LogP contribution >= 0.6 is 0 Å². The van der Waals surface area contributed by atoms with E-state index in [-0.39, 0.29) is 5.91 Å². The molecule has 0 fully saturated rings. The fourth-order valence-electron chi connectivity index (χ4n) is 1.75. The van der Waals surface area contributed by atoms with Crippen molar-refractivity contribution >= 4 is 11.6 Å². The van der Waals surface area contributed by atoms with Gasteiger partial charge in [-0.25, -0.2) is 0 Å². The van der Waals surface area contributed by atoms with Gasteiger partial charge in [-0.05, 0) is 37.6 Å². The fraction of sp³-hybridized carbons (Fsp3) is 0.562. The molecule has 0 saturated heterocycles. The molecule has 2 N–H and O–H groups in total. The number of nitrogens with one attached hydrogen (secondary N) is 2. The molecule has 0 spiro atoms. The predicted octanol–water partition coefficient (Wildman–Crippen LogP) is 2.94. The molecule has 0 aliphatic heterocycles. The number of ether oxygens (including phenoxy) is 1. The highest BCUT2D eigenvalue weighted by Crippen LogP contribution is 2.11. The summed E-state index contributed by atoms with van der Waals surface area (Å²) in [5.41, 5.74) is 1.97. The largest absolute Gasteiger partial charge is 0.369 e. The lowest BCUT2D eigenvalue weighted by Gasteiger charge is -2.13. The van der Waals surface area contributed by atoms with Crippen LogP contribution in [-0.2, 0) is 16.1 Å². The van der Waals surface area contributed by atoms with Gasteiger partial charge in [-0.3, -0.25) is 4.79 Å². The Bertz CT molecular complexity index is 407. The third-order valence-corrected chi connectivity index (χ3v) is 3.01. The Hall–Kier alpha value is -1.39. The maximum atomic E-state index is 12.0. The summed E-state index contributed by atoms with van der Waals surface area (Å²) in [4.78, 5) is 12.0. The summed E-state index contributed by atoms with van der Waals surface area (Å²) in [5.74, 6) is -0.0956. The Labute approximate surface area is 121 Å². The number of carbonyl (C=O) groups excluding carboxylic acids is 1. The first-order chi connectivity index (χ1) is 9.67. The molecule has 0 aliphatic carbocycles. The zero-order valence-corrected chi connectivity index (χ0v) is 12.7. The van der Waals surface area contributed by atoms with Gasteiger partial charge in [0.25, 0.3) is 5.91 Å². The van der Waals surface area contributed by atoms with E-state index in [0.717, 1.165) is 37.2 Å². The smallest absolute Gasteiger partial charge is 0.253 e. The van der Waals surface area contributed by atoms with Crippen molar-refractivity contribution in [2.24, 2.45) is 0 Å². The van der Waals surface area contributed by atoms with Crippen LogP contribution in [0.4, 0.5) is 5.69 Å². The summed E-state index contributed by atoms with van der Waals surface area (Å²) >= 11 is 0. The van der Waals surface area contributed by atoms with Crippen molar-refractivity contribution in [3.8, 4) is 0 Å². The van der Waals surface area contributed by atoms with Gasteiger partial charge in [0.15, 0.2) is 0 Å². The summed E-state index contributed by atoms with van der Waals surface area (Å²) < 4.78 is 5.49. The van der Waals surface area contributed by atoms with Crippen LogP contribution in [0.3, 0.4) is 0 Å². The Kier molecular flexibility index (Phi) is 7.92. The molecule has 4 heteroatoms. The first-order valence-electron chi connectivity index (χ1n) is 7.39. The SMILES string of the molecule is CCCCOC(C)C(=O)Nc1cccc(CNCC)c1. The van der Waals surface area contributed by atoms with E-state index in [9.17, 15) is 4.79 Å². The highest BCUT2D eigenvalue weighted by Gasteiger charge is 2.13. The number of amides is 1. The summed E-state index contributed by atoms with van der Waals surface area (Å²) in [6.45, 7) is 8.32. The molecule has 0 aliphatic rings. The molecule has 0 aromatic heterocycles. The van der Waals surface area contributed by atoms with E-state index in [0.29, 0.717) is 6.61 Å². The minimum Gasteiger partial charge on any atom is -0.369 e. The maximum absolute atomic E-state index is 12.0. The Morgan fingerprint density at radius 2 is 2.15 bits per heavy atom. The molecule has 0 saturated carbocycles. The molecule has 0 bridgehead atoms. The summed E-state index contributed by atoms with van der Waals surface area (Å²) in [7, 11) is 0. The molecule has 1 aromatic rings. The average Bonchev–Trinajstić information content (AvgIpc) is 2.45. The number of hydrogen-bond acceptors (Lipinski definition) is 3. The van der Waals surface area contributed by atoms with Gasteiger partial charge >= 0.3 is 0 Å². The zero-order chi connectivity index (χ0) is 14.8. The molecule has 1 rings (SSSR count). The number of rotatable bonds is 9. The second-order valence-corrected chi connectivity index (χ2v) is 4.84. The van der Waals surface area contributed by atoms with Gasteiger partial charge < -0.3 is 15.4 Å². The van der Waals surface area contributed by atoms with Crippen LogP contribution in [0.15, 0.2) is 24.3 Å². The summed E-state index contributed by atoms with van der Waals surface area (Å²) in [5, 5.41) is 6.16. The van der Waals surface area contributed by atoms with E-state index in [1.54, 1.807) is 6.92 Å². The van der Waals surface area contributed by atoms with Crippen molar-refractivity contribution in [3.05, 3.63) is 29.8 Å². The van der Waals surface area contributed by atoms with Crippen LogP contribution in [0.1, 0.15) is 39.2 Å². The number of benzene rings is 1. The van der Waals surface area contributed by atoms with Gasteiger partial charge in [0, 0.05) is 18.8 Å².